The quantitative estimate of drug-likeness (QED) is 0.814. The van der Waals surface area contributed by atoms with Crippen LogP contribution in [0, 0.1) is 5.41 Å². The molecule has 96 valence electrons. The first kappa shape index (κ1) is 15.7. The van der Waals surface area contributed by atoms with Gasteiger partial charge in [-0.2, -0.15) is 0 Å². The highest BCUT2D eigenvalue weighted by atomic mass is 35.5. The fourth-order valence-corrected chi connectivity index (χ4v) is 2.01. The number of hydrogen-bond acceptors (Lipinski definition) is 2. The molecular formula is C12H25ClN2O. The van der Waals surface area contributed by atoms with E-state index in [1.165, 1.54) is 6.42 Å². The van der Waals surface area contributed by atoms with Gasteiger partial charge in [-0.15, -0.1) is 12.4 Å². The highest BCUT2D eigenvalue weighted by molar-refractivity contribution is 5.85. The highest BCUT2D eigenvalue weighted by Gasteiger charge is 2.34. The topological polar surface area (TPSA) is 46.3 Å². The number of carbonyl (C=O) groups excluding carboxylic acids is 1. The Labute approximate surface area is 105 Å². The number of hydrogen-bond donors (Lipinski definition) is 1. The van der Waals surface area contributed by atoms with Gasteiger partial charge in [0, 0.05) is 13.1 Å². The average molecular weight is 249 g/mol. The van der Waals surface area contributed by atoms with E-state index in [0.717, 1.165) is 25.9 Å². The Bertz CT molecular complexity index is 240. The molecule has 1 rings (SSSR count). The Morgan fingerprint density at radius 3 is 2.12 bits per heavy atom. The smallest absolute Gasteiger partial charge is 0.242 e. The first-order chi connectivity index (χ1) is 6.78. The lowest BCUT2D eigenvalue weighted by molar-refractivity contribution is -0.138. The van der Waals surface area contributed by atoms with Gasteiger partial charge < -0.3 is 10.6 Å². The molecule has 0 saturated carbocycles. The SMILES string of the molecule is CCC1(C)CCN(C(=O)C(C)(C)N)CC1.Cl. The van der Waals surface area contributed by atoms with Gasteiger partial charge in [0.2, 0.25) is 5.91 Å². The molecule has 0 atom stereocenters. The third-order valence-corrected chi connectivity index (χ3v) is 3.66. The minimum absolute atomic E-state index is 0. The average Bonchev–Trinajstić information content (AvgIpc) is 2.17. The number of piperidine rings is 1. The van der Waals surface area contributed by atoms with Gasteiger partial charge >= 0.3 is 0 Å². The Morgan fingerprint density at radius 2 is 1.81 bits per heavy atom. The molecule has 0 spiro atoms. The molecule has 0 aromatic rings. The molecule has 1 amide bonds. The number of carbonyl (C=O) groups is 1. The summed E-state index contributed by atoms with van der Waals surface area (Å²) in [6.07, 6.45) is 3.40. The third kappa shape index (κ3) is 3.63. The molecule has 3 nitrogen and oxygen atoms in total. The predicted octanol–water partition coefficient (Wildman–Crippen LogP) is 2.18. The van der Waals surface area contributed by atoms with Crippen molar-refractivity contribution in [3.8, 4) is 0 Å². The number of halogens is 1. The van der Waals surface area contributed by atoms with Crippen molar-refractivity contribution >= 4 is 18.3 Å². The molecule has 0 aromatic carbocycles. The summed E-state index contributed by atoms with van der Waals surface area (Å²) in [5.74, 6) is 0.0839. The summed E-state index contributed by atoms with van der Waals surface area (Å²) in [7, 11) is 0. The van der Waals surface area contributed by atoms with Crippen molar-refractivity contribution in [3.05, 3.63) is 0 Å². The molecule has 2 N–H and O–H groups in total. The summed E-state index contributed by atoms with van der Waals surface area (Å²) in [6.45, 7) is 9.83. The molecule has 0 bridgehead atoms. The van der Waals surface area contributed by atoms with E-state index >= 15 is 0 Å². The van der Waals surface area contributed by atoms with Crippen molar-refractivity contribution < 1.29 is 4.79 Å². The number of likely N-dealkylation sites (tertiary alicyclic amines) is 1. The van der Waals surface area contributed by atoms with Crippen molar-refractivity contribution in [1.29, 1.82) is 0 Å². The zero-order valence-corrected chi connectivity index (χ0v) is 11.7. The van der Waals surface area contributed by atoms with Crippen molar-refractivity contribution in [2.45, 2.75) is 52.5 Å². The van der Waals surface area contributed by atoms with Gasteiger partial charge in [-0.3, -0.25) is 4.79 Å². The standard InChI is InChI=1S/C12H24N2O.ClH/c1-5-12(4)6-8-14(9-7-12)10(15)11(2,3)13;/h5-9,13H2,1-4H3;1H. The molecule has 0 unspecified atom stereocenters. The van der Waals surface area contributed by atoms with Crippen molar-refractivity contribution in [2.24, 2.45) is 11.1 Å². The molecule has 1 heterocycles. The number of nitrogens with zero attached hydrogens (tertiary/aromatic N) is 1. The lowest BCUT2D eigenvalue weighted by atomic mass is 9.78. The van der Waals surface area contributed by atoms with Crippen LogP contribution in [0.25, 0.3) is 0 Å². The van der Waals surface area contributed by atoms with Crippen LogP contribution in [0.2, 0.25) is 0 Å². The van der Waals surface area contributed by atoms with Crippen LogP contribution in [0.1, 0.15) is 47.0 Å². The monoisotopic (exact) mass is 248 g/mol. The van der Waals surface area contributed by atoms with E-state index in [1.807, 2.05) is 4.90 Å². The maximum atomic E-state index is 11.9. The first-order valence-corrected chi connectivity index (χ1v) is 5.87. The molecule has 4 heteroatoms. The second-order valence-corrected chi connectivity index (χ2v) is 5.68. The number of nitrogens with two attached hydrogens (primary N) is 1. The largest absolute Gasteiger partial charge is 0.341 e. The van der Waals surface area contributed by atoms with Crippen LogP contribution in [-0.2, 0) is 4.79 Å². The van der Waals surface area contributed by atoms with Gasteiger partial charge in [0.15, 0.2) is 0 Å². The third-order valence-electron chi connectivity index (χ3n) is 3.66. The minimum Gasteiger partial charge on any atom is -0.341 e. The van der Waals surface area contributed by atoms with Crippen LogP contribution >= 0.6 is 12.4 Å². The van der Waals surface area contributed by atoms with Gasteiger partial charge in [0.1, 0.15) is 0 Å². The highest BCUT2D eigenvalue weighted by Crippen LogP contribution is 2.34. The van der Waals surface area contributed by atoms with Gasteiger partial charge in [0.25, 0.3) is 0 Å². The molecule has 1 aliphatic rings. The molecule has 0 aromatic heterocycles. The number of amides is 1. The Balaban J connectivity index is 0.00000225. The molecule has 1 fully saturated rings. The maximum Gasteiger partial charge on any atom is 0.242 e. The Hall–Kier alpha value is -0.280. The zero-order valence-electron chi connectivity index (χ0n) is 10.9. The minimum atomic E-state index is -0.722. The molecular weight excluding hydrogens is 224 g/mol. The van der Waals surface area contributed by atoms with Crippen molar-refractivity contribution in [1.82, 2.24) is 4.90 Å². The first-order valence-electron chi connectivity index (χ1n) is 5.87. The van der Waals surface area contributed by atoms with Crippen molar-refractivity contribution in [3.63, 3.8) is 0 Å². The van der Waals surface area contributed by atoms with E-state index in [2.05, 4.69) is 13.8 Å². The lowest BCUT2D eigenvalue weighted by Crippen LogP contribution is -2.54. The summed E-state index contributed by atoms with van der Waals surface area (Å²) in [4.78, 5) is 13.8. The van der Waals surface area contributed by atoms with Gasteiger partial charge in [-0.1, -0.05) is 20.3 Å². The van der Waals surface area contributed by atoms with Crippen LogP contribution in [0.4, 0.5) is 0 Å². The Morgan fingerprint density at radius 1 is 1.38 bits per heavy atom. The van der Waals surface area contributed by atoms with E-state index in [1.54, 1.807) is 13.8 Å². The van der Waals surface area contributed by atoms with E-state index in [9.17, 15) is 4.79 Å². The van der Waals surface area contributed by atoms with Gasteiger partial charge in [0.05, 0.1) is 5.54 Å². The summed E-state index contributed by atoms with van der Waals surface area (Å²) >= 11 is 0. The fraction of sp³-hybridized carbons (Fsp3) is 0.917. The van der Waals surface area contributed by atoms with Crippen LogP contribution in [-0.4, -0.2) is 29.4 Å². The maximum absolute atomic E-state index is 11.9. The second kappa shape index (κ2) is 5.37. The summed E-state index contributed by atoms with van der Waals surface area (Å²) < 4.78 is 0. The van der Waals surface area contributed by atoms with E-state index < -0.39 is 5.54 Å². The van der Waals surface area contributed by atoms with Crippen molar-refractivity contribution in [2.75, 3.05) is 13.1 Å². The molecule has 16 heavy (non-hydrogen) atoms. The Kier molecular flexibility index (Phi) is 5.27. The van der Waals surface area contributed by atoms with Crippen LogP contribution < -0.4 is 5.73 Å². The molecule has 1 saturated heterocycles. The summed E-state index contributed by atoms with van der Waals surface area (Å²) in [6, 6.07) is 0. The fourth-order valence-electron chi connectivity index (χ4n) is 2.01. The second-order valence-electron chi connectivity index (χ2n) is 5.68. The van der Waals surface area contributed by atoms with Crippen LogP contribution in [0.5, 0.6) is 0 Å². The summed E-state index contributed by atoms with van der Waals surface area (Å²) in [5, 5.41) is 0. The van der Waals surface area contributed by atoms with Crippen LogP contribution in [0.3, 0.4) is 0 Å². The number of rotatable bonds is 2. The zero-order chi connectivity index (χ0) is 11.7. The summed E-state index contributed by atoms with van der Waals surface area (Å²) in [5.41, 5.74) is 5.52. The normalized spacial score (nSPS) is 20.2. The lowest BCUT2D eigenvalue weighted by Gasteiger charge is -2.40. The van der Waals surface area contributed by atoms with Gasteiger partial charge in [-0.05, 0) is 32.1 Å². The molecule has 0 radical (unpaired) electrons. The predicted molar refractivity (Wildman–Crippen MR) is 69.7 cm³/mol. The van der Waals surface area contributed by atoms with E-state index in [-0.39, 0.29) is 18.3 Å². The van der Waals surface area contributed by atoms with Gasteiger partial charge in [-0.25, -0.2) is 0 Å². The van der Waals surface area contributed by atoms with Crippen LogP contribution in [0.15, 0.2) is 0 Å². The molecule has 0 aliphatic carbocycles. The van der Waals surface area contributed by atoms with E-state index in [4.69, 9.17) is 5.73 Å². The molecule has 1 aliphatic heterocycles. The van der Waals surface area contributed by atoms with E-state index in [0.29, 0.717) is 5.41 Å².